The fourth-order valence-electron chi connectivity index (χ4n) is 3.35. The van der Waals surface area contributed by atoms with Crippen LogP contribution in [0, 0.1) is 28.6 Å². The minimum atomic E-state index is 0.489. The Labute approximate surface area is 136 Å². The molecule has 2 heterocycles. The normalized spacial score (nSPS) is 17.5. The van der Waals surface area contributed by atoms with E-state index in [0.717, 1.165) is 43.9 Å². The van der Waals surface area contributed by atoms with Crippen LogP contribution in [0.4, 0.5) is 5.69 Å². The van der Waals surface area contributed by atoms with Gasteiger partial charge in [0, 0.05) is 39.0 Å². The molecule has 5 heteroatoms. The van der Waals surface area contributed by atoms with E-state index in [9.17, 15) is 10.5 Å². The standard InChI is InChI=1S/C18H19N5/c1-22-9-7-21-17(22)10-14-4-3-8-23(13-14)18-15(11-19)5-2-6-16(18)12-20/h2,5-7,9,14H,3-4,8,10,13H2,1H3. The summed E-state index contributed by atoms with van der Waals surface area (Å²) >= 11 is 0. The second kappa shape index (κ2) is 6.54. The predicted molar refractivity (Wildman–Crippen MR) is 87.7 cm³/mol. The van der Waals surface area contributed by atoms with E-state index in [1.54, 1.807) is 18.2 Å². The molecular formula is C18H19N5. The molecule has 2 aromatic rings. The van der Waals surface area contributed by atoms with Gasteiger partial charge in [0.1, 0.15) is 18.0 Å². The number of hydrogen-bond acceptors (Lipinski definition) is 4. The van der Waals surface area contributed by atoms with Crippen LogP contribution in [-0.2, 0) is 13.5 Å². The zero-order valence-electron chi connectivity index (χ0n) is 13.2. The molecule has 0 bridgehead atoms. The smallest absolute Gasteiger partial charge is 0.108 e. The van der Waals surface area contributed by atoms with Crippen molar-refractivity contribution in [3.63, 3.8) is 0 Å². The molecule has 1 unspecified atom stereocenters. The summed E-state index contributed by atoms with van der Waals surface area (Å²) in [6, 6.07) is 9.81. The average Bonchev–Trinajstić information content (AvgIpc) is 2.99. The van der Waals surface area contributed by atoms with Gasteiger partial charge in [-0.2, -0.15) is 10.5 Å². The van der Waals surface area contributed by atoms with E-state index in [0.29, 0.717) is 17.0 Å². The number of hydrogen-bond donors (Lipinski definition) is 0. The number of imidazole rings is 1. The van der Waals surface area contributed by atoms with Crippen molar-refractivity contribution in [2.75, 3.05) is 18.0 Å². The van der Waals surface area contributed by atoms with Gasteiger partial charge in [-0.3, -0.25) is 0 Å². The Kier molecular flexibility index (Phi) is 4.30. The Morgan fingerprint density at radius 3 is 2.61 bits per heavy atom. The Morgan fingerprint density at radius 2 is 2.00 bits per heavy atom. The van der Waals surface area contributed by atoms with Gasteiger partial charge >= 0.3 is 0 Å². The van der Waals surface area contributed by atoms with Crippen molar-refractivity contribution >= 4 is 5.69 Å². The lowest BCUT2D eigenvalue weighted by atomic mass is 9.93. The first-order valence-electron chi connectivity index (χ1n) is 7.87. The van der Waals surface area contributed by atoms with E-state index in [1.807, 2.05) is 19.4 Å². The van der Waals surface area contributed by atoms with Crippen LogP contribution in [0.1, 0.15) is 29.8 Å². The second-order valence-electron chi connectivity index (χ2n) is 6.04. The molecule has 1 atom stereocenters. The highest BCUT2D eigenvalue weighted by molar-refractivity contribution is 5.68. The maximum absolute atomic E-state index is 9.38. The largest absolute Gasteiger partial charge is 0.369 e. The lowest BCUT2D eigenvalue weighted by Gasteiger charge is -2.35. The zero-order chi connectivity index (χ0) is 16.2. The molecule has 1 aromatic heterocycles. The molecule has 0 aliphatic carbocycles. The van der Waals surface area contributed by atoms with E-state index in [4.69, 9.17) is 0 Å². The monoisotopic (exact) mass is 305 g/mol. The van der Waals surface area contributed by atoms with Crippen molar-refractivity contribution < 1.29 is 0 Å². The highest BCUT2D eigenvalue weighted by atomic mass is 15.1. The van der Waals surface area contributed by atoms with Crippen molar-refractivity contribution in [3.05, 3.63) is 47.5 Å². The van der Waals surface area contributed by atoms with E-state index < -0.39 is 0 Å². The number of piperidine rings is 1. The summed E-state index contributed by atoms with van der Waals surface area (Å²) < 4.78 is 2.06. The van der Waals surface area contributed by atoms with Crippen LogP contribution in [0.5, 0.6) is 0 Å². The number of aryl methyl sites for hydroxylation is 1. The third-order valence-corrected chi connectivity index (χ3v) is 4.50. The molecule has 0 N–H and O–H groups in total. The first kappa shape index (κ1) is 15.1. The summed E-state index contributed by atoms with van der Waals surface area (Å²) in [5.74, 6) is 1.58. The molecule has 5 nitrogen and oxygen atoms in total. The average molecular weight is 305 g/mol. The first-order valence-corrected chi connectivity index (χ1v) is 7.87. The van der Waals surface area contributed by atoms with Crippen molar-refractivity contribution in [1.29, 1.82) is 10.5 Å². The molecule has 0 radical (unpaired) electrons. The summed E-state index contributed by atoms with van der Waals surface area (Å²) in [6.45, 7) is 1.75. The lowest BCUT2D eigenvalue weighted by Crippen LogP contribution is -2.37. The highest BCUT2D eigenvalue weighted by Gasteiger charge is 2.25. The van der Waals surface area contributed by atoms with Crippen molar-refractivity contribution in [2.45, 2.75) is 19.3 Å². The molecule has 1 aromatic carbocycles. The molecule has 0 spiro atoms. The second-order valence-corrected chi connectivity index (χ2v) is 6.04. The van der Waals surface area contributed by atoms with Gasteiger partial charge in [0.2, 0.25) is 0 Å². The number of benzene rings is 1. The van der Waals surface area contributed by atoms with Gasteiger partial charge in [0.05, 0.1) is 16.8 Å². The minimum absolute atomic E-state index is 0.489. The third-order valence-electron chi connectivity index (χ3n) is 4.50. The van der Waals surface area contributed by atoms with Crippen LogP contribution in [0.2, 0.25) is 0 Å². The number of rotatable bonds is 3. The first-order chi connectivity index (χ1) is 11.2. The van der Waals surface area contributed by atoms with Crippen LogP contribution < -0.4 is 4.90 Å². The van der Waals surface area contributed by atoms with Gasteiger partial charge in [0.25, 0.3) is 0 Å². The Morgan fingerprint density at radius 1 is 1.26 bits per heavy atom. The van der Waals surface area contributed by atoms with Gasteiger partial charge in [-0.25, -0.2) is 4.98 Å². The maximum atomic E-state index is 9.38. The molecule has 23 heavy (non-hydrogen) atoms. The number of nitrogens with zero attached hydrogens (tertiary/aromatic N) is 5. The van der Waals surface area contributed by atoms with Crippen molar-refractivity contribution in [1.82, 2.24) is 9.55 Å². The van der Waals surface area contributed by atoms with Gasteiger partial charge in [-0.05, 0) is 30.9 Å². The highest BCUT2D eigenvalue weighted by Crippen LogP contribution is 2.30. The van der Waals surface area contributed by atoms with Crippen LogP contribution in [0.15, 0.2) is 30.6 Å². The number of anilines is 1. The van der Waals surface area contributed by atoms with E-state index in [-0.39, 0.29) is 0 Å². The van der Waals surface area contributed by atoms with Crippen molar-refractivity contribution in [3.8, 4) is 12.1 Å². The molecule has 1 aliphatic heterocycles. The SMILES string of the molecule is Cn1ccnc1CC1CCCN(c2c(C#N)cccc2C#N)C1. The predicted octanol–water partition coefficient (Wildman–Crippen LogP) is 2.62. The quantitative estimate of drug-likeness (QED) is 0.874. The minimum Gasteiger partial charge on any atom is -0.369 e. The number of para-hydroxylation sites is 1. The number of aromatic nitrogens is 2. The molecule has 0 saturated carbocycles. The molecule has 3 rings (SSSR count). The van der Waals surface area contributed by atoms with E-state index >= 15 is 0 Å². The van der Waals surface area contributed by atoms with Gasteiger partial charge in [-0.1, -0.05) is 6.07 Å². The Hall–Kier alpha value is -2.79. The van der Waals surface area contributed by atoms with Gasteiger partial charge in [-0.15, -0.1) is 0 Å². The fraction of sp³-hybridized carbons (Fsp3) is 0.389. The van der Waals surface area contributed by atoms with Crippen molar-refractivity contribution in [2.24, 2.45) is 13.0 Å². The van der Waals surface area contributed by atoms with Crippen LogP contribution in [0.25, 0.3) is 0 Å². The third kappa shape index (κ3) is 3.05. The van der Waals surface area contributed by atoms with E-state index in [1.165, 1.54) is 0 Å². The molecule has 116 valence electrons. The summed E-state index contributed by atoms with van der Waals surface area (Å²) in [5, 5.41) is 18.8. The molecule has 1 aliphatic rings. The molecular weight excluding hydrogens is 286 g/mol. The summed E-state index contributed by atoms with van der Waals surface area (Å²) in [6.07, 6.45) is 6.94. The Bertz CT molecular complexity index is 745. The van der Waals surface area contributed by atoms with Crippen LogP contribution in [0.3, 0.4) is 0 Å². The number of nitriles is 2. The summed E-state index contributed by atoms with van der Waals surface area (Å²) in [4.78, 5) is 6.62. The summed E-state index contributed by atoms with van der Waals surface area (Å²) in [7, 11) is 2.02. The Balaban J connectivity index is 1.83. The fourth-order valence-corrected chi connectivity index (χ4v) is 3.35. The molecule has 1 fully saturated rings. The van der Waals surface area contributed by atoms with Crippen LogP contribution in [-0.4, -0.2) is 22.6 Å². The summed E-state index contributed by atoms with van der Waals surface area (Å²) in [5.41, 5.74) is 1.96. The maximum Gasteiger partial charge on any atom is 0.108 e. The lowest BCUT2D eigenvalue weighted by molar-refractivity contribution is 0.403. The van der Waals surface area contributed by atoms with Gasteiger partial charge < -0.3 is 9.47 Å². The van der Waals surface area contributed by atoms with E-state index in [2.05, 4.69) is 26.6 Å². The van der Waals surface area contributed by atoms with Gasteiger partial charge in [0.15, 0.2) is 0 Å². The molecule has 0 amide bonds. The zero-order valence-corrected chi connectivity index (χ0v) is 13.2. The topological polar surface area (TPSA) is 68.6 Å². The van der Waals surface area contributed by atoms with Crippen LogP contribution >= 0.6 is 0 Å². The molecule has 1 saturated heterocycles.